The van der Waals surface area contributed by atoms with Gasteiger partial charge in [-0.05, 0) is 37.0 Å². The van der Waals surface area contributed by atoms with Crippen LogP contribution in [0.4, 0.5) is 5.69 Å². The molecule has 1 aromatic heterocycles. The summed E-state index contributed by atoms with van der Waals surface area (Å²) in [5, 5.41) is 23.6. The van der Waals surface area contributed by atoms with Crippen LogP contribution in [0.3, 0.4) is 0 Å². The molecule has 11 nitrogen and oxygen atoms in total. The van der Waals surface area contributed by atoms with E-state index >= 15 is 0 Å². The molecule has 2 aromatic carbocycles. The molecule has 11 heteroatoms. The van der Waals surface area contributed by atoms with Crippen LogP contribution in [-0.2, 0) is 12.8 Å². The summed E-state index contributed by atoms with van der Waals surface area (Å²) >= 11 is 0. The van der Waals surface area contributed by atoms with Gasteiger partial charge in [0.2, 0.25) is 0 Å². The van der Waals surface area contributed by atoms with Crippen LogP contribution in [0.5, 0.6) is 0 Å². The second kappa shape index (κ2) is 7.52. The van der Waals surface area contributed by atoms with Gasteiger partial charge in [0.05, 0.1) is 27.1 Å². The van der Waals surface area contributed by atoms with E-state index in [-0.39, 0.29) is 40.7 Å². The minimum Gasteiger partial charge on any atom is -0.478 e. The Kier molecular flexibility index (Phi) is 4.85. The number of nitro groups is 1. The molecule has 158 valence electrons. The number of amides is 1. The molecule has 3 aromatic rings. The highest BCUT2D eigenvalue weighted by Gasteiger charge is 2.30. The number of H-pyrrole nitrogens is 2. The first kappa shape index (κ1) is 20.0. The maximum Gasteiger partial charge on any atom is 0.336 e. The fourth-order valence-corrected chi connectivity index (χ4v) is 3.94. The molecular weight excluding hydrogens is 408 g/mol. The number of rotatable bonds is 4. The molecule has 0 fully saturated rings. The Bertz CT molecular complexity index is 1370. The Morgan fingerprint density at radius 1 is 1.10 bits per heavy atom. The number of hydrogen-bond acceptors (Lipinski definition) is 6. The van der Waals surface area contributed by atoms with Crippen molar-refractivity contribution in [3.63, 3.8) is 0 Å². The van der Waals surface area contributed by atoms with E-state index in [0.29, 0.717) is 17.5 Å². The first-order valence-electron chi connectivity index (χ1n) is 9.35. The van der Waals surface area contributed by atoms with E-state index in [2.05, 4.69) is 15.3 Å². The van der Waals surface area contributed by atoms with Crippen LogP contribution < -0.4 is 16.4 Å². The molecule has 4 rings (SSSR count). The number of carbonyl (C=O) groups excluding carboxylic acids is 1. The minimum atomic E-state index is -1.23. The van der Waals surface area contributed by atoms with E-state index < -0.39 is 34.0 Å². The lowest BCUT2D eigenvalue weighted by molar-refractivity contribution is -0.385. The average Bonchev–Trinajstić information content (AvgIpc) is 2.74. The molecular formula is C20H16N4O7. The summed E-state index contributed by atoms with van der Waals surface area (Å²) in [5.74, 6) is -1.81. The van der Waals surface area contributed by atoms with Gasteiger partial charge in [-0.15, -0.1) is 0 Å². The summed E-state index contributed by atoms with van der Waals surface area (Å²) in [4.78, 5) is 63.4. The van der Waals surface area contributed by atoms with Crippen molar-refractivity contribution >= 4 is 28.6 Å². The largest absolute Gasteiger partial charge is 0.478 e. The Balaban J connectivity index is 1.73. The van der Waals surface area contributed by atoms with Crippen molar-refractivity contribution in [1.29, 1.82) is 0 Å². The number of nitro benzene ring substituents is 1. The smallest absolute Gasteiger partial charge is 0.336 e. The summed E-state index contributed by atoms with van der Waals surface area (Å²) in [5.41, 5.74) is -0.837. The fourth-order valence-electron chi connectivity index (χ4n) is 3.94. The van der Waals surface area contributed by atoms with Crippen molar-refractivity contribution in [3.8, 4) is 0 Å². The van der Waals surface area contributed by atoms with Gasteiger partial charge in [0.15, 0.2) is 0 Å². The second-order valence-corrected chi connectivity index (χ2v) is 7.20. The van der Waals surface area contributed by atoms with Gasteiger partial charge in [0.1, 0.15) is 0 Å². The van der Waals surface area contributed by atoms with E-state index in [9.17, 15) is 34.4 Å². The zero-order chi connectivity index (χ0) is 22.3. The van der Waals surface area contributed by atoms with Crippen LogP contribution in [0.1, 0.15) is 38.3 Å². The third-order valence-electron chi connectivity index (χ3n) is 5.35. The number of aromatic nitrogens is 2. The Labute approximate surface area is 172 Å². The molecule has 1 atom stereocenters. The van der Waals surface area contributed by atoms with Gasteiger partial charge in [0, 0.05) is 17.7 Å². The van der Waals surface area contributed by atoms with Crippen molar-refractivity contribution in [2.75, 3.05) is 0 Å². The standard InChI is InChI=1S/C20H16N4O7/c25-17(11-3-1-2-4-12(11)20(28)29)21-9-5-6-10-13(7-9)16-14(8-15(10)24(30)31)22-18(26)19(27)23-16/h1-4,8-9H,5-7H2,(H,21,25)(H,22,26)(H,23,27)(H,28,29). The van der Waals surface area contributed by atoms with Crippen LogP contribution in [0, 0.1) is 10.1 Å². The molecule has 0 saturated heterocycles. The zero-order valence-corrected chi connectivity index (χ0v) is 15.9. The third-order valence-corrected chi connectivity index (χ3v) is 5.35. The van der Waals surface area contributed by atoms with E-state index in [1.165, 1.54) is 24.3 Å². The summed E-state index contributed by atoms with van der Waals surface area (Å²) in [7, 11) is 0. The molecule has 1 heterocycles. The molecule has 1 aliphatic carbocycles. The molecule has 0 radical (unpaired) electrons. The first-order chi connectivity index (χ1) is 14.8. The van der Waals surface area contributed by atoms with Crippen molar-refractivity contribution in [2.24, 2.45) is 0 Å². The van der Waals surface area contributed by atoms with Gasteiger partial charge in [0.25, 0.3) is 11.6 Å². The van der Waals surface area contributed by atoms with E-state index in [4.69, 9.17) is 0 Å². The lowest BCUT2D eigenvalue weighted by Gasteiger charge is -2.26. The maximum atomic E-state index is 12.7. The summed E-state index contributed by atoms with van der Waals surface area (Å²) in [6, 6.07) is 6.55. The van der Waals surface area contributed by atoms with Gasteiger partial charge < -0.3 is 20.4 Å². The van der Waals surface area contributed by atoms with Gasteiger partial charge in [-0.3, -0.25) is 24.5 Å². The highest BCUT2D eigenvalue weighted by atomic mass is 16.6. The number of carboxylic acids is 1. The number of aromatic carboxylic acids is 1. The number of carboxylic acid groups (broad SMARTS) is 1. The number of carbonyl (C=O) groups is 2. The molecule has 0 saturated carbocycles. The first-order valence-corrected chi connectivity index (χ1v) is 9.35. The van der Waals surface area contributed by atoms with Crippen LogP contribution in [-0.4, -0.2) is 37.9 Å². The van der Waals surface area contributed by atoms with Crippen LogP contribution in [0.2, 0.25) is 0 Å². The Hall–Kier alpha value is -4.28. The Morgan fingerprint density at radius 2 is 1.77 bits per heavy atom. The summed E-state index contributed by atoms with van der Waals surface area (Å²) in [6.45, 7) is 0. The molecule has 0 bridgehead atoms. The number of fused-ring (bicyclic) bond motifs is 3. The zero-order valence-electron chi connectivity index (χ0n) is 15.9. The molecule has 0 spiro atoms. The molecule has 31 heavy (non-hydrogen) atoms. The lowest BCUT2D eigenvalue weighted by atomic mass is 9.86. The second-order valence-electron chi connectivity index (χ2n) is 7.20. The normalized spacial score (nSPS) is 15.3. The SMILES string of the molecule is O=C(O)c1ccccc1C(=O)NC1CCc2c([N+](=O)[O-])cc3[nH]c(=O)c(=O)[nH]c3c2C1. The van der Waals surface area contributed by atoms with Crippen molar-refractivity contribution in [3.05, 3.63) is 83.4 Å². The number of aromatic amines is 2. The van der Waals surface area contributed by atoms with Crippen LogP contribution >= 0.6 is 0 Å². The number of hydrogen-bond donors (Lipinski definition) is 4. The topological polar surface area (TPSA) is 175 Å². The quantitative estimate of drug-likeness (QED) is 0.275. The highest BCUT2D eigenvalue weighted by Crippen LogP contribution is 2.34. The van der Waals surface area contributed by atoms with Gasteiger partial charge in [-0.1, -0.05) is 12.1 Å². The maximum absolute atomic E-state index is 12.7. The van der Waals surface area contributed by atoms with Gasteiger partial charge in [-0.2, -0.15) is 0 Å². The van der Waals surface area contributed by atoms with Crippen LogP contribution in [0.25, 0.3) is 11.0 Å². The number of benzene rings is 2. The summed E-state index contributed by atoms with van der Waals surface area (Å²) in [6.07, 6.45) is 0.804. The van der Waals surface area contributed by atoms with Crippen molar-refractivity contribution < 1.29 is 19.6 Å². The van der Waals surface area contributed by atoms with Crippen molar-refractivity contribution in [2.45, 2.75) is 25.3 Å². The summed E-state index contributed by atoms with van der Waals surface area (Å²) < 4.78 is 0. The number of nitrogens with zero attached hydrogens (tertiary/aromatic N) is 1. The number of nitrogens with one attached hydrogen (secondary N) is 3. The lowest BCUT2D eigenvalue weighted by Crippen LogP contribution is -2.40. The van der Waals surface area contributed by atoms with E-state index in [0.717, 1.165) is 0 Å². The Morgan fingerprint density at radius 3 is 2.45 bits per heavy atom. The minimum absolute atomic E-state index is 0.00225. The predicted octanol–water partition coefficient (Wildman–Crippen LogP) is 1.11. The molecule has 1 unspecified atom stereocenters. The average molecular weight is 424 g/mol. The molecule has 1 amide bonds. The highest BCUT2D eigenvalue weighted by molar-refractivity contribution is 6.04. The fraction of sp³-hybridized carbons (Fsp3) is 0.200. The van der Waals surface area contributed by atoms with Crippen LogP contribution in [0.15, 0.2) is 39.9 Å². The van der Waals surface area contributed by atoms with Crippen molar-refractivity contribution in [1.82, 2.24) is 15.3 Å². The van der Waals surface area contributed by atoms with Gasteiger partial charge in [-0.25, -0.2) is 4.79 Å². The van der Waals surface area contributed by atoms with E-state index in [1.54, 1.807) is 6.07 Å². The predicted molar refractivity (Wildman–Crippen MR) is 109 cm³/mol. The van der Waals surface area contributed by atoms with Gasteiger partial charge >= 0.3 is 17.1 Å². The third kappa shape index (κ3) is 3.56. The van der Waals surface area contributed by atoms with E-state index in [1.807, 2.05) is 0 Å². The molecule has 1 aliphatic rings. The molecule has 4 N–H and O–H groups in total. The molecule has 0 aliphatic heterocycles. The monoisotopic (exact) mass is 424 g/mol.